The summed E-state index contributed by atoms with van der Waals surface area (Å²) in [6, 6.07) is 19.2. The number of halogens is 3. The molecule has 1 aromatic heterocycles. The van der Waals surface area contributed by atoms with Crippen LogP contribution in [-0.2, 0) is 25.0 Å². The van der Waals surface area contributed by atoms with Crippen molar-refractivity contribution in [1.29, 1.82) is 0 Å². The summed E-state index contributed by atoms with van der Waals surface area (Å²) >= 11 is 6.67. The number of carbonyl (C=O) groups is 1. The highest BCUT2D eigenvalue weighted by Crippen LogP contribution is 2.53. The zero-order valence-corrected chi connectivity index (χ0v) is 26.6. The monoisotopic (exact) mass is 660 g/mol. The smallest absolute Gasteiger partial charge is 0.253 e. The number of carbonyl (C=O) groups excluding carboxylic acids is 1. The van der Waals surface area contributed by atoms with Gasteiger partial charge in [-0.15, -0.1) is 0 Å². The van der Waals surface area contributed by atoms with Crippen molar-refractivity contribution >= 4 is 17.5 Å². The maximum Gasteiger partial charge on any atom is 0.253 e. The van der Waals surface area contributed by atoms with Crippen molar-refractivity contribution < 1.29 is 28.2 Å². The molecule has 11 heteroatoms. The quantitative estimate of drug-likeness (QED) is 0.256. The molecule has 4 aromatic rings. The van der Waals surface area contributed by atoms with Crippen molar-refractivity contribution in [3.05, 3.63) is 111 Å². The molecule has 3 heterocycles. The van der Waals surface area contributed by atoms with E-state index in [0.29, 0.717) is 18.7 Å². The van der Waals surface area contributed by atoms with Crippen LogP contribution in [0.4, 0.5) is 8.78 Å². The standard InChI is InChI=1S/C36H35ClF2N4O4/c1-41-33(45)25-19-42-34(46-14-13-44)32(39)30(25)29-24-18-36(23-9-3-2-4-10-23,47-27(24)15-26(38)31(29)37)43-12-11-35(28(40)20-43)16-21-7-5-6-8-22(21)17-35/h2-10,15,19,28,44H,11-14,16-18,20,40H2,1H3,(H,41,45)/t28?,36-/m0/s1. The summed E-state index contributed by atoms with van der Waals surface area (Å²) in [5, 5.41) is 11.4. The fourth-order valence-electron chi connectivity index (χ4n) is 7.66. The van der Waals surface area contributed by atoms with Gasteiger partial charge in [0.15, 0.2) is 11.5 Å². The first kappa shape index (κ1) is 31.5. The molecule has 1 unspecified atom stereocenters. The number of nitrogens with zero attached hydrogens (tertiary/aromatic N) is 2. The zero-order chi connectivity index (χ0) is 32.9. The second-order valence-electron chi connectivity index (χ2n) is 12.6. The van der Waals surface area contributed by atoms with E-state index in [-0.39, 0.29) is 58.6 Å². The van der Waals surface area contributed by atoms with Crippen LogP contribution in [0.2, 0.25) is 5.02 Å². The predicted octanol–water partition coefficient (Wildman–Crippen LogP) is 5.02. The summed E-state index contributed by atoms with van der Waals surface area (Å²) < 4.78 is 44.2. The van der Waals surface area contributed by atoms with Crippen LogP contribution in [-0.4, -0.2) is 60.3 Å². The number of rotatable bonds is 7. The maximum atomic E-state index is 16.3. The van der Waals surface area contributed by atoms with Crippen molar-refractivity contribution in [3.63, 3.8) is 0 Å². The third kappa shape index (κ3) is 5.14. The van der Waals surface area contributed by atoms with Gasteiger partial charge in [-0.2, -0.15) is 0 Å². The van der Waals surface area contributed by atoms with E-state index in [9.17, 15) is 9.90 Å². The van der Waals surface area contributed by atoms with E-state index in [1.165, 1.54) is 24.2 Å². The van der Waals surface area contributed by atoms with Crippen molar-refractivity contribution in [2.45, 2.75) is 37.5 Å². The second-order valence-corrected chi connectivity index (χ2v) is 12.9. The van der Waals surface area contributed by atoms with E-state index < -0.39 is 29.1 Å². The van der Waals surface area contributed by atoms with Gasteiger partial charge in [0, 0.05) is 67.1 Å². The molecule has 47 heavy (non-hydrogen) atoms. The Morgan fingerprint density at radius 3 is 2.49 bits per heavy atom. The molecule has 244 valence electrons. The molecule has 4 N–H and O–H groups in total. The normalized spacial score (nSPS) is 21.3. The fraction of sp³-hybridized carbons (Fsp3) is 0.333. The number of likely N-dealkylation sites (tertiary alicyclic amines) is 1. The molecule has 1 amide bonds. The van der Waals surface area contributed by atoms with Crippen LogP contribution >= 0.6 is 11.6 Å². The lowest BCUT2D eigenvalue weighted by Gasteiger charge is -2.50. The largest absolute Gasteiger partial charge is 0.473 e. The third-order valence-electron chi connectivity index (χ3n) is 10.0. The third-order valence-corrected chi connectivity index (χ3v) is 10.4. The number of aromatic nitrogens is 1. The van der Waals surface area contributed by atoms with E-state index in [0.717, 1.165) is 31.0 Å². The number of benzene rings is 3. The zero-order valence-electron chi connectivity index (χ0n) is 25.9. The Bertz CT molecular complexity index is 1830. The predicted molar refractivity (Wildman–Crippen MR) is 173 cm³/mol. The number of hydrogen-bond acceptors (Lipinski definition) is 7. The Morgan fingerprint density at radius 1 is 1.13 bits per heavy atom. The summed E-state index contributed by atoms with van der Waals surface area (Å²) in [6.07, 6.45) is 3.97. The van der Waals surface area contributed by atoms with E-state index in [1.54, 1.807) is 0 Å². The van der Waals surface area contributed by atoms with Crippen LogP contribution < -0.4 is 20.5 Å². The Balaban J connectivity index is 1.34. The van der Waals surface area contributed by atoms with Crippen molar-refractivity contribution in [2.75, 3.05) is 33.4 Å². The van der Waals surface area contributed by atoms with E-state index in [2.05, 4.69) is 39.5 Å². The molecule has 2 aliphatic heterocycles. The molecule has 1 fully saturated rings. The first-order chi connectivity index (χ1) is 22.7. The molecule has 7 rings (SSSR count). The average molecular weight is 661 g/mol. The lowest BCUT2D eigenvalue weighted by atomic mass is 9.71. The van der Waals surface area contributed by atoms with Crippen LogP contribution in [0.25, 0.3) is 11.1 Å². The number of hydrogen-bond donors (Lipinski definition) is 3. The van der Waals surface area contributed by atoms with Gasteiger partial charge in [0.1, 0.15) is 18.2 Å². The minimum Gasteiger partial charge on any atom is -0.473 e. The average Bonchev–Trinajstić information content (AvgIpc) is 3.66. The molecule has 1 saturated heterocycles. The number of fused-ring (bicyclic) bond motifs is 2. The Morgan fingerprint density at radius 2 is 1.83 bits per heavy atom. The molecule has 2 atom stereocenters. The number of aliphatic hydroxyl groups is 1. The van der Waals surface area contributed by atoms with E-state index in [1.807, 2.05) is 30.3 Å². The number of nitrogens with one attached hydrogen (secondary N) is 1. The summed E-state index contributed by atoms with van der Waals surface area (Å²) in [6.45, 7) is 0.541. The maximum absolute atomic E-state index is 16.3. The minimum absolute atomic E-state index is 0.0177. The van der Waals surface area contributed by atoms with Crippen molar-refractivity contribution in [2.24, 2.45) is 11.1 Å². The highest BCUT2D eigenvalue weighted by molar-refractivity contribution is 6.34. The number of aliphatic hydroxyl groups excluding tert-OH is 1. The molecule has 1 spiro atoms. The molecular formula is C36H35ClF2N4O4. The Kier molecular flexibility index (Phi) is 8.16. The van der Waals surface area contributed by atoms with Crippen molar-refractivity contribution in [1.82, 2.24) is 15.2 Å². The summed E-state index contributed by atoms with van der Waals surface area (Å²) in [7, 11) is 1.40. The van der Waals surface area contributed by atoms with Crippen LogP contribution in [0.15, 0.2) is 66.9 Å². The van der Waals surface area contributed by atoms with E-state index in [4.69, 9.17) is 26.8 Å². The molecular weight excluding hydrogens is 626 g/mol. The Hall–Kier alpha value is -4.09. The molecule has 8 nitrogen and oxygen atoms in total. The number of ether oxygens (including phenoxy) is 2. The number of nitrogens with two attached hydrogens (primary N) is 1. The number of pyridine rings is 1. The summed E-state index contributed by atoms with van der Waals surface area (Å²) in [5.74, 6) is -2.75. The van der Waals surface area contributed by atoms with Gasteiger partial charge in [-0.1, -0.05) is 66.2 Å². The second kappa shape index (κ2) is 12.2. The van der Waals surface area contributed by atoms with Crippen LogP contribution in [0.5, 0.6) is 11.6 Å². The number of piperidine rings is 1. The van der Waals surface area contributed by atoms with Gasteiger partial charge in [-0.05, 0) is 35.8 Å². The van der Waals surface area contributed by atoms with Crippen LogP contribution in [0.1, 0.15) is 39.0 Å². The summed E-state index contributed by atoms with van der Waals surface area (Å²) in [4.78, 5) is 19.2. The van der Waals surface area contributed by atoms with Gasteiger partial charge < -0.3 is 25.6 Å². The molecule has 1 aliphatic carbocycles. The molecule has 3 aromatic carbocycles. The van der Waals surface area contributed by atoms with Gasteiger partial charge >= 0.3 is 0 Å². The first-order valence-corrected chi connectivity index (χ1v) is 16.1. The van der Waals surface area contributed by atoms with E-state index >= 15 is 8.78 Å². The highest BCUT2D eigenvalue weighted by Gasteiger charge is 2.54. The van der Waals surface area contributed by atoms with Gasteiger partial charge in [-0.3, -0.25) is 9.69 Å². The molecule has 0 saturated carbocycles. The highest BCUT2D eigenvalue weighted by atomic mass is 35.5. The lowest BCUT2D eigenvalue weighted by Crippen LogP contribution is -2.62. The summed E-state index contributed by atoms with van der Waals surface area (Å²) in [5.41, 5.74) is 9.35. The number of amides is 1. The van der Waals surface area contributed by atoms with Gasteiger partial charge in [0.25, 0.3) is 11.8 Å². The van der Waals surface area contributed by atoms with Gasteiger partial charge in [0.05, 0.1) is 17.2 Å². The minimum atomic E-state index is -1.12. The Labute approximate surface area is 276 Å². The molecule has 0 bridgehead atoms. The van der Waals surface area contributed by atoms with Crippen LogP contribution in [0, 0.1) is 17.0 Å². The SMILES string of the molecule is CNC(=O)c1cnc(OCCO)c(F)c1-c1c(Cl)c(F)cc2c1C[C@](c1ccccc1)(N1CCC3(Cc4ccccc4C3)C(N)C1)O2. The van der Waals surface area contributed by atoms with Gasteiger partial charge in [0.2, 0.25) is 0 Å². The lowest BCUT2D eigenvalue weighted by molar-refractivity contribution is -0.107. The first-order valence-electron chi connectivity index (χ1n) is 15.7. The van der Waals surface area contributed by atoms with Crippen molar-refractivity contribution in [3.8, 4) is 22.8 Å². The van der Waals surface area contributed by atoms with Gasteiger partial charge in [-0.25, -0.2) is 13.8 Å². The van der Waals surface area contributed by atoms with Crippen LogP contribution in [0.3, 0.4) is 0 Å². The topological polar surface area (TPSA) is 110 Å². The molecule has 0 radical (unpaired) electrons. The molecule has 3 aliphatic rings. The fourth-order valence-corrected chi connectivity index (χ4v) is 7.93.